The van der Waals surface area contributed by atoms with E-state index in [2.05, 4.69) is 16.9 Å². The predicted molar refractivity (Wildman–Crippen MR) is 50.6 cm³/mol. The molecule has 1 fully saturated rings. The van der Waals surface area contributed by atoms with Crippen molar-refractivity contribution < 1.29 is 5.11 Å². The highest BCUT2D eigenvalue weighted by atomic mass is 16.3. The lowest BCUT2D eigenvalue weighted by molar-refractivity contribution is 0.113. The van der Waals surface area contributed by atoms with Crippen molar-refractivity contribution >= 4 is 0 Å². The summed E-state index contributed by atoms with van der Waals surface area (Å²) in [6.07, 6.45) is 6.21. The lowest BCUT2D eigenvalue weighted by Gasteiger charge is -2.38. The molecule has 0 unspecified atom stereocenters. The van der Waals surface area contributed by atoms with E-state index in [0.717, 1.165) is 30.8 Å². The smallest absolute Gasteiger partial charge is 0.114 e. The molecule has 72 valence electrons. The van der Waals surface area contributed by atoms with E-state index in [-0.39, 0.29) is 12.0 Å². The third-order valence-corrected chi connectivity index (χ3v) is 3.13. The summed E-state index contributed by atoms with van der Waals surface area (Å²) in [5.41, 5.74) is 1.13. The van der Waals surface area contributed by atoms with E-state index in [0.29, 0.717) is 0 Å². The molecule has 0 amide bonds. The maximum atomic E-state index is 9.31. The van der Waals surface area contributed by atoms with Gasteiger partial charge in [-0.1, -0.05) is 13.3 Å². The van der Waals surface area contributed by atoms with E-state index in [1.165, 1.54) is 6.42 Å². The second-order valence-corrected chi connectivity index (χ2v) is 3.90. The standard InChI is InChI=1S/C10H16N2O/c1-2-8-6-11-9(12-8)10(7-13)4-3-5-10/h6,13H,2-5,7H2,1H3,(H,11,12). The molecule has 0 atom stereocenters. The second-order valence-electron chi connectivity index (χ2n) is 3.90. The van der Waals surface area contributed by atoms with Crippen LogP contribution in [0.25, 0.3) is 0 Å². The molecule has 2 N–H and O–H groups in total. The van der Waals surface area contributed by atoms with Crippen molar-refractivity contribution in [1.82, 2.24) is 9.97 Å². The molecule has 2 rings (SSSR count). The molecule has 0 aromatic carbocycles. The second kappa shape index (κ2) is 3.14. The van der Waals surface area contributed by atoms with E-state index in [1.54, 1.807) is 0 Å². The molecule has 1 aromatic heterocycles. The van der Waals surface area contributed by atoms with Crippen molar-refractivity contribution in [3.8, 4) is 0 Å². The highest BCUT2D eigenvalue weighted by Crippen LogP contribution is 2.41. The van der Waals surface area contributed by atoms with E-state index in [9.17, 15) is 5.11 Å². The Bertz CT molecular complexity index is 283. The summed E-state index contributed by atoms with van der Waals surface area (Å²) < 4.78 is 0. The highest BCUT2D eigenvalue weighted by molar-refractivity contribution is 5.16. The zero-order chi connectivity index (χ0) is 9.31. The van der Waals surface area contributed by atoms with E-state index >= 15 is 0 Å². The van der Waals surface area contributed by atoms with Gasteiger partial charge in [-0.25, -0.2) is 4.98 Å². The Balaban J connectivity index is 2.23. The summed E-state index contributed by atoms with van der Waals surface area (Å²) in [5, 5.41) is 9.31. The van der Waals surface area contributed by atoms with Gasteiger partial charge in [0.25, 0.3) is 0 Å². The number of aryl methyl sites for hydroxylation is 1. The van der Waals surface area contributed by atoms with Crippen molar-refractivity contribution in [2.75, 3.05) is 6.61 Å². The number of hydrogen-bond donors (Lipinski definition) is 2. The van der Waals surface area contributed by atoms with Crippen LogP contribution in [-0.2, 0) is 11.8 Å². The SMILES string of the molecule is CCc1cnc(C2(CO)CCC2)[nH]1. The average Bonchev–Trinajstić information content (AvgIpc) is 2.52. The molecule has 13 heavy (non-hydrogen) atoms. The lowest BCUT2D eigenvalue weighted by Crippen LogP contribution is -2.39. The summed E-state index contributed by atoms with van der Waals surface area (Å²) in [6, 6.07) is 0. The number of aliphatic hydroxyl groups excluding tert-OH is 1. The van der Waals surface area contributed by atoms with Gasteiger partial charge < -0.3 is 10.1 Å². The maximum absolute atomic E-state index is 9.31. The number of nitrogens with one attached hydrogen (secondary N) is 1. The van der Waals surface area contributed by atoms with Gasteiger partial charge in [0.05, 0.1) is 12.0 Å². The van der Waals surface area contributed by atoms with Crippen LogP contribution in [0, 0.1) is 0 Å². The van der Waals surface area contributed by atoms with Gasteiger partial charge in [0.15, 0.2) is 0 Å². The first kappa shape index (κ1) is 8.75. The van der Waals surface area contributed by atoms with Crippen LogP contribution in [0.2, 0.25) is 0 Å². The molecule has 1 aliphatic carbocycles. The molecular weight excluding hydrogens is 164 g/mol. The number of aliphatic hydroxyl groups is 1. The van der Waals surface area contributed by atoms with Gasteiger partial charge in [-0.2, -0.15) is 0 Å². The zero-order valence-corrected chi connectivity index (χ0v) is 8.01. The molecule has 1 aromatic rings. The fourth-order valence-electron chi connectivity index (χ4n) is 1.88. The summed E-state index contributed by atoms with van der Waals surface area (Å²) in [6.45, 7) is 2.33. The summed E-state index contributed by atoms with van der Waals surface area (Å²) in [7, 11) is 0. The van der Waals surface area contributed by atoms with Gasteiger partial charge in [0.2, 0.25) is 0 Å². The van der Waals surface area contributed by atoms with Crippen LogP contribution in [0.5, 0.6) is 0 Å². The summed E-state index contributed by atoms with van der Waals surface area (Å²) in [5.74, 6) is 0.984. The first-order chi connectivity index (χ1) is 6.30. The molecular formula is C10H16N2O. The number of H-pyrrole nitrogens is 1. The fourth-order valence-corrected chi connectivity index (χ4v) is 1.88. The minimum atomic E-state index is -0.0343. The van der Waals surface area contributed by atoms with Crippen LogP contribution in [0.15, 0.2) is 6.20 Å². The number of aromatic nitrogens is 2. The van der Waals surface area contributed by atoms with Gasteiger partial charge in [-0.05, 0) is 19.3 Å². The summed E-state index contributed by atoms with van der Waals surface area (Å²) >= 11 is 0. The zero-order valence-electron chi connectivity index (χ0n) is 8.01. The Hall–Kier alpha value is -0.830. The third-order valence-electron chi connectivity index (χ3n) is 3.13. The predicted octanol–water partition coefficient (Wildman–Crippen LogP) is 1.39. The number of aromatic amines is 1. The van der Waals surface area contributed by atoms with Crippen molar-refractivity contribution in [3.05, 3.63) is 17.7 Å². The highest BCUT2D eigenvalue weighted by Gasteiger charge is 2.40. The van der Waals surface area contributed by atoms with Gasteiger partial charge >= 0.3 is 0 Å². The van der Waals surface area contributed by atoms with Crippen LogP contribution < -0.4 is 0 Å². The monoisotopic (exact) mass is 180 g/mol. The Kier molecular flexibility index (Phi) is 2.12. The Morgan fingerprint density at radius 3 is 2.77 bits per heavy atom. The quantitative estimate of drug-likeness (QED) is 0.738. The first-order valence-corrected chi connectivity index (χ1v) is 4.96. The van der Waals surface area contributed by atoms with E-state index in [1.807, 2.05) is 6.20 Å². The minimum Gasteiger partial charge on any atom is -0.395 e. The normalized spacial score (nSPS) is 19.8. The van der Waals surface area contributed by atoms with Crippen LogP contribution in [-0.4, -0.2) is 21.7 Å². The maximum Gasteiger partial charge on any atom is 0.114 e. The first-order valence-electron chi connectivity index (χ1n) is 4.96. The number of nitrogens with zero attached hydrogens (tertiary/aromatic N) is 1. The third kappa shape index (κ3) is 1.27. The molecule has 3 heteroatoms. The number of hydrogen-bond acceptors (Lipinski definition) is 2. The van der Waals surface area contributed by atoms with Crippen molar-refractivity contribution in [2.45, 2.75) is 38.0 Å². The van der Waals surface area contributed by atoms with Crippen molar-refractivity contribution in [3.63, 3.8) is 0 Å². The van der Waals surface area contributed by atoms with Gasteiger partial charge in [-0.15, -0.1) is 0 Å². The van der Waals surface area contributed by atoms with Crippen molar-refractivity contribution in [1.29, 1.82) is 0 Å². The largest absolute Gasteiger partial charge is 0.395 e. The van der Waals surface area contributed by atoms with Gasteiger partial charge in [0.1, 0.15) is 5.82 Å². The topological polar surface area (TPSA) is 48.9 Å². The van der Waals surface area contributed by atoms with Crippen molar-refractivity contribution in [2.24, 2.45) is 0 Å². The molecule has 0 spiro atoms. The lowest BCUT2D eigenvalue weighted by atomic mass is 9.69. The Morgan fingerprint density at radius 2 is 2.38 bits per heavy atom. The van der Waals surface area contributed by atoms with E-state index < -0.39 is 0 Å². The molecule has 1 aliphatic rings. The minimum absolute atomic E-state index is 0.0343. The number of rotatable bonds is 3. The Morgan fingerprint density at radius 1 is 1.62 bits per heavy atom. The molecule has 0 bridgehead atoms. The van der Waals surface area contributed by atoms with Gasteiger partial charge in [-0.3, -0.25) is 0 Å². The van der Waals surface area contributed by atoms with Crippen LogP contribution in [0.1, 0.15) is 37.7 Å². The van der Waals surface area contributed by atoms with Crippen LogP contribution in [0.4, 0.5) is 0 Å². The molecule has 1 heterocycles. The van der Waals surface area contributed by atoms with E-state index in [4.69, 9.17) is 0 Å². The average molecular weight is 180 g/mol. The van der Waals surface area contributed by atoms with Crippen LogP contribution >= 0.6 is 0 Å². The molecule has 0 saturated heterocycles. The fraction of sp³-hybridized carbons (Fsp3) is 0.700. The molecule has 1 saturated carbocycles. The van der Waals surface area contributed by atoms with Crippen LogP contribution in [0.3, 0.4) is 0 Å². The molecule has 0 radical (unpaired) electrons. The van der Waals surface area contributed by atoms with Gasteiger partial charge in [0, 0.05) is 11.9 Å². The summed E-state index contributed by atoms with van der Waals surface area (Å²) in [4.78, 5) is 7.62. The molecule has 0 aliphatic heterocycles. The molecule has 3 nitrogen and oxygen atoms in total. The Labute approximate surface area is 78.2 Å². The number of imidazole rings is 1.